The van der Waals surface area contributed by atoms with E-state index in [0.29, 0.717) is 29.2 Å². The van der Waals surface area contributed by atoms with Gasteiger partial charge in [-0.25, -0.2) is 0 Å². The summed E-state index contributed by atoms with van der Waals surface area (Å²) in [5.74, 6) is 1.24. The van der Waals surface area contributed by atoms with Gasteiger partial charge in [-0.05, 0) is 37.6 Å². The summed E-state index contributed by atoms with van der Waals surface area (Å²) in [5, 5.41) is 9.52. The van der Waals surface area contributed by atoms with Crippen LogP contribution in [0.4, 0.5) is 0 Å². The first-order chi connectivity index (χ1) is 10.5. The predicted octanol–water partition coefficient (Wildman–Crippen LogP) is 2.42. The van der Waals surface area contributed by atoms with Crippen molar-refractivity contribution in [1.82, 2.24) is 14.8 Å². The fraction of sp³-hybridized carbons (Fsp3) is 0.357. The van der Waals surface area contributed by atoms with E-state index < -0.39 is 0 Å². The van der Waals surface area contributed by atoms with E-state index in [1.54, 1.807) is 6.07 Å². The summed E-state index contributed by atoms with van der Waals surface area (Å²) in [5.41, 5.74) is 6.11. The van der Waals surface area contributed by atoms with Crippen molar-refractivity contribution in [1.29, 1.82) is 0 Å². The molecule has 1 aromatic carbocycles. The summed E-state index contributed by atoms with van der Waals surface area (Å²) in [6, 6.07) is 5.45. The molecule has 0 saturated heterocycles. The molecule has 1 heterocycles. The molecule has 0 fully saturated rings. The van der Waals surface area contributed by atoms with E-state index in [1.807, 2.05) is 30.5 Å². The number of carbonyl (C=O) groups is 1. The second kappa shape index (κ2) is 7.51. The molecular formula is C14H17ClN4O2S. The minimum atomic E-state index is -0.384. The Balaban J connectivity index is 2.07. The molecule has 6 nitrogen and oxygen atoms in total. The molecule has 0 saturated carbocycles. The van der Waals surface area contributed by atoms with E-state index in [9.17, 15) is 4.79 Å². The average Bonchev–Trinajstić information content (AvgIpc) is 2.86. The summed E-state index contributed by atoms with van der Waals surface area (Å²) in [6.07, 6.45) is 0. The molecule has 0 aliphatic rings. The van der Waals surface area contributed by atoms with Crippen LogP contribution in [0.1, 0.15) is 18.3 Å². The van der Waals surface area contributed by atoms with Gasteiger partial charge >= 0.3 is 0 Å². The summed E-state index contributed by atoms with van der Waals surface area (Å²) >= 11 is 7.19. The number of benzene rings is 1. The van der Waals surface area contributed by atoms with E-state index in [4.69, 9.17) is 22.1 Å². The molecule has 0 unspecified atom stereocenters. The molecule has 2 rings (SSSR count). The molecule has 2 aromatic rings. The Morgan fingerprint density at radius 3 is 2.86 bits per heavy atom. The highest BCUT2D eigenvalue weighted by molar-refractivity contribution is 7.99. The van der Waals surface area contributed by atoms with Crippen molar-refractivity contribution in [3.63, 3.8) is 0 Å². The fourth-order valence-corrected chi connectivity index (χ4v) is 2.89. The van der Waals surface area contributed by atoms with Gasteiger partial charge in [0.05, 0.1) is 5.75 Å². The lowest BCUT2D eigenvalue weighted by molar-refractivity contribution is -0.115. The van der Waals surface area contributed by atoms with Crippen LogP contribution in [0, 0.1) is 6.92 Å². The second-order valence-electron chi connectivity index (χ2n) is 4.60. The zero-order valence-electron chi connectivity index (χ0n) is 12.4. The second-order valence-corrected chi connectivity index (χ2v) is 5.98. The number of primary amides is 1. The molecule has 0 spiro atoms. The van der Waals surface area contributed by atoms with E-state index in [-0.39, 0.29) is 11.7 Å². The molecule has 0 atom stereocenters. The number of halogens is 1. The number of nitrogens with two attached hydrogens (primary N) is 1. The van der Waals surface area contributed by atoms with Gasteiger partial charge in [-0.3, -0.25) is 4.79 Å². The number of amides is 1. The van der Waals surface area contributed by atoms with Gasteiger partial charge in [-0.2, -0.15) is 0 Å². The lowest BCUT2D eigenvalue weighted by Gasteiger charge is -2.10. The summed E-state index contributed by atoms with van der Waals surface area (Å²) in [4.78, 5) is 10.9. The smallest absolute Gasteiger partial charge is 0.227 e. The molecule has 1 aromatic heterocycles. The minimum absolute atomic E-state index is 0.176. The topological polar surface area (TPSA) is 83.0 Å². The summed E-state index contributed by atoms with van der Waals surface area (Å²) < 4.78 is 7.68. The molecule has 118 valence electrons. The molecular weight excluding hydrogens is 324 g/mol. The van der Waals surface area contributed by atoms with Gasteiger partial charge in [0.25, 0.3) is 0 Å². The molecule has 0 aliphatic heterocycles. The van der Waals surface area contributed by atoms with Crippen LogP contribution in [0.25, 0.3) is 0 Å². The van der Waals surface area contributed by atoms with Gasteiger partial charge < -0.3 is 15.0 Å². The van der Waals surface area contributed by atoms with Crippen molar-refractivity contribution in [3.8, 4) is 5.75 Å². The van der Waals surface area contributed by atoms with Crippen LogP contribution < -0.4 is 10.5 Å². The third-order valence-electron chi connectivity index (χ3n) is 2.95. The third-order valence-corrected chi connectivity index (χ3v) is 4.17. The number of carbonyl (C=O) groups excluding carboxylic acids is 1. The number of nitrogens with zero attached hydrogens (tertiary/aromatic N) is 3. The minimum Gasteiger partial charge on any atom is -0.485 e. The van der Waals surface area contributed by atoms with Gasteiger partial charge in [-0.15, -0.1) is 10.2 Å². The molecule has 0 radical (unpaired) electrons. The van der Waals surface area contributed by atoms with Crippen molar-refractivity contribution in [2.75, 3.05) is 5.75 Å². The lowest BCUT2D eigenvalue weighted by atomic mass is 10.2. The van der Waals surface area contributed by atoms with E-state index in [1.165, 1.54) is 11.8 Å². The zero-order chi connectivity index (χ0) is 16.1. The van der Waals surface area contributed by atoms with E-state index in [0.717, 1.165) is 11.3 Å². The van der Waals surface area contributed by atoms with Crippen LogP contribution in [0.3, 0.4) is 0 Å². The Bertz CT molecular complexity index is 675. The first kappa shape index (κ1) is 16.6. The average molecular weight is 341 g/mol. The van der Waals surface area contributed by atoms with Gasteiger partial charge in [0.2, 0.25) is 5.91 Å². The molecule has 1 amide bonds. The summed E-state index contributed by atoms with van der Waals surface area (Å²) in [6.45, 7) is 4.89. The molecule has 0 bridgehead atoms. The third kappa shape index (κ3) is 4.14. The Labute approximate surface area is 138 Å². The maximum absolute atomic E-state index is 10.9. The molecule has 8 heteroatoms. The van der Waals surface area contributed by atoms with E-state index >= 15 is 0 Å². The normalized spacial score (nSPS) is 10.7. The number of hydrogen-bond acceptors (Lipinski definition) is 5. The number of aromatic nitrogens is 3. The van der Waals surface area contributed by atoms with E-state index in [2.05, 4.69) is 10.2 Å². The van der Waals surface area contributed by atoms with Crippen LogP contribution in [-0.4, -0.2) is 26.4 Å². The van der Waals surface area contributed by atoms with Crippen molar-refractivity contribution >= 4 is 29.3 Å². The number of rotatable bonds is 7. The number of hydrogen-bond donors (Lipinski definition) is 1. The van der Waals surface area contributed by atoms with Gasteiger partial charge in [-0.1, -0.05) is 23.4 Å². The van der Waals surface area contributed by atoms with Crippen molar-refractivity contribution < 1.29 is 9.53 Å². The lowest BCUT2D eigenvalue weighted by Crippen LogP contribution is -2.14. The van der Waals surface area contributed by atoms with Gasteiger partial charge in [0.1, 0.15) is 12.4 Å². The Kier molecular flexibility index (Phi) is 5.68. The van der Waals surface area contributed by atoms with Gasteiger partial charge in [0, 0.05) is 11.6 Å². The number of aryl methyl sites for hydroxylation is 1. The number of thioether (sulfide) groups is 1. The first-order valence-corrected chi connectivity index (χ1v) is 8.09. The predicted molar refractivity (Wildman–Crippen MR) is 86.1 cm³/mol. The van der Waals surface area contributed by atoms with Crippen molar-refractivity contribution in [2.45, 2.75) is 32.2 Å². The quantitative estimate of drug-likeness (QED) is 0.782. The van der Waals surface area contributed by atoms with Gasteiger partial charge in [0.15, 0.2) is 11.0 Å². The standard InChI is InChI=1S/C14H17ClN4O2S/c1-3-19-13(17-18-14(19)22-8-12(16)20)7-21-11-5-4-10(15)6-9(11)2/h4-6H,3,7-8H2,1-2H3,(H2,16,20). The SMILES string of the molecule is CCn1c(COc2ccc(Cl)cc2C)nnc1SCC(N)=O. The van der Waals surface area contributed by atoms with Crippen LogP contribution in [0.2, 0.25) is 5.02 Å². The Hall–Kier alpha value is -1.73. The largest absolute Gasteiger partial charge is 0.485 e. The Morgan fingerprint density at radius 1 is 1.45 bits per heavy atom. The Morgan fingerprint density at radius 2 is 2.23 bits per heavy atom. The highest BCUT2D eigenvalue weighted by Crippen LogP contribution is 2.23. The maximum Gasteiger partial charge on any atom is 0.227 e. The molecule has 22 heavy (non-hydrogen) atoms. The monoisotopic (exact) mass is 340 g/mol. The van der Waals surface area contributed by atoms with Crippen molar-refractivity contribution in [3.05, 3.63) is 34.6 Å². The zero-order valence-corrected chi connectivity index (χ0v) is 13.9. The highest BCUT2D eigenvalue weighted by atomic mass is 35.5. The summed E-state index contributed by atoms with van der Waals surface area (Å²) in [7, 11) is 0. The van der Waals surface area contributed by atoms with Crippen LogP contribution in [-0.2, 0) is 17.9 Å². The molecule has 2 N–H and O–H groups in total. The number of ether oxygens (including phenoxy) is 1. The maximum atomic E-state index is 10.9. The first-order valence-electron chi connectivity index (χ1n) is 6.73. The van der Waals surface area contributed by atoms with Crippen LogP contribution in [0.15, 0.2) is 23.4 Å². The fourth-order valence-electron chi connectivity index (χ4n) is 1.90. The molecule has 0 aliphatic carbocycles. The van der Waals surface area contributed by atoms with Crippen LogP contribution in [0.5, 0.6) is 5.75 Å². The van der Waals surface area contributed by atoms with Crippen LogP contribution >= 0.6 is 23.4 Å². The van der Waals surface area contributed by atoms with Crippen molar-refractivity contribution in [2.24, 2.45) is 5.73 Å². The highest BCUT2D eigenvalue weighted by Gasteiger charge is 2.13.